The highest BCUT2D eigenvalue weighted by molar-refractivity contribution is 8.00. The van der Waals surface area contributed by atoms with Crippen LogP contribution in [0.1, 0.15) is 40.0 Å². The van der Waals surface area contributed by atoms with Crippen LogP contribution in [0.2, 0.25) is 0 Å². The highest BCUT2D eigenvalue weighted by Gasteiger charge is 2.39. The van der Waals surface area contributed by atoms with E-state index in [2.05, 4.69) is 25.8 Å². The molecule has 3 atom stereocenters. The van der Waals surface area contributed by atoms with E-state index < -0.39 is 5.97 Å². The first kappa shape index (κ1) is 15.4. The fraction of sp³-hybridized carbons (Fsp3) is 0.625. The normalized spacial score (nSPS) is 27.2. The first-order valence-corrected chi connectivity index (χ1v) is 8.05. The molecule has 20 heavy (non-hydrogen) atoms. The van der Waals surface area contributed by atoms with Crippen molar-refractivity contribution in [1.82, 2.24) is 4.98 Å². The molecule has 0 aromatic carbocycles. The Labute approximate surface area is 125 Å². The third kappa shape index (κ3) is 3.75. The number of hydrogen-bond acceptors (Lipinski definition) is 3. The van der Waals surface area contributed by atoms with E-state index in [-0.39, 0.29) is 16.6 Å². The van der Waals surface area contributed by atoms with Gasteiger partial charge in [-0.15, -0.1) is 11.8 Å². The number of rotatable bonds is 3. The van der Waals surface area contributed by atoms with Crippen molar-refractivity contribution < 1.29 is 9.90 Å². The van der Waals surface area contributed by atoms with Crippen molar-refractivity contribution in [2.45, 2.75) is 50.2 Å². The Morgan fingerprint density at radius 2 is 1.95 bits per heavy atom. The number of thioether (sulfide) groups is 1. The number of aliphatic carboxylic acids is 1. The number of nitrogens with zero attached hydrogens (tertiary/aromatic N) is 1. The molecule has 3 nitrogen and oxygen atoms in total. The summed E-state index contributed by atoms with van der Waals surface area (Å²) in [6.45, 7) is 6.77. The summed E-state index contributed by atoms with van der Waals surface area (Å²) in [5.41, 5.74) is 0.251. The second kappa shape index (κ2) is 6.17. The lowest BCUT2D eigenvalue weighted by molar-refractivity contribution is -0.143. The fourth-order valence-corrected chi connectivity index (χ4v) is 4.29. The van der Waals surface area contributed by atoms with E-state index >= 15 is 0 Å². The molecule has 1 N–H and O–H groups in total. The van der Waals surface area contributed by atoms with Crippen LogP contribution in [-0.2, 0) is 4.79 Å². The van der Waals surface area contributed by atoms with Gasteiger partial charge in [0, 0.05) is 22.5 Å². The van der Waals surface area contributed by atoms with Crippen molar-refractivity contribution >= 4 is 17.7 Å². The van der Waals surface area contributed by atoms with Gasteiger partial charge in [0.05, 0.1) is 5.92 Å². The zero-order valence-corrected chi connectivity index (χ0v) is 13.2. The van der Waals surface area contributed by atoms with E-state index in [0.717, 1.165) is 24.2 Å². The topological polar surface area (TPSA) is 50.2 Å². The summed E-state index contributed by atoms with van der Waals surface area (Å²) >= 11 is 1.70. The monoisotopic (exact) mass is 293 g/mol. The van der Waals surface area contributed by atoms with Crippen LogP contribution in [0.3, 0.4) is 0 Å². The molecule has 0 saturated heterocycles. The Balaban J connectivity index is 2.13. The molecule has 3 unspecified atom stereocenters. The third-order valence-electron chi connectivity index (χ3n) is 4.27. The maximum Gasteiger partial charge on any atom is 0.307 e. The maximum absolute atomic E-state index is 11.5. The molecule has 1 saturated carbocycles. The minimum absolute atomic E-state index is 0.160. The van der Waals surface area contributed by atoms with Crippen LogP contribution in [0.5, 0.6) is 0 Å². The number of carbonyl (C=O) groups is 1. The number of pyridine rings is 1. The largest absolute Gasteiger partial charge is 0.481 e. The van der Waals surface area contributed by atoms with Gasteiger partial charge in [-0.3, -0.25) is 9.78 Å². The van der Waals surface area contributed by atoms with Crippen molar-refractivity contribution in [3.63, 3.8) is 0 Å². The Morgan fingerprint density at radius 3 is 2.50 bits per heavy atom. The molecule has 110 valence electrons. The van der Waals surface area contributed by atoms with Crippen LogP contribution < -0.4 is 0 Å². The highest BCUT2D eigenvalue weighted by Crippen LogP contribution is 2.45. The lowest BCUT2D eigenvalue weighted by Gasteiger charge is -2.40. The molecule has 1 aromatic rings. The van der Waals surface area contributed by atoms with E-state index in [1.54, 1.807) is 24.2 Å². The smallest absolute Gasteiger partial charge is 0.307 e. The van der Waals surface area contributed by atoms with Crippen LogP contribution in [0, 0.1) is 17.3 Å². The minimum Gasteiger partial charge on any atom is -0.481 e. The van der Waals surface area contributed by atoms with E-state index in [1.165, 1.54) is 0 Å². The predicted octanol–water partition coefficient (Wildman–Crippen LogP) is 4.09. The Kier molecular flexibility index (Phi) is 4.74. The molecule has 2 rings (SSSR count). The van der Waals surface area contributed by atoms with Gasteiger partial charge in [0.1, 0.15) is 0 Å². The summed E-state index contributed by atoms with van der Waals surface area (Å²) in [7, 11) is 0. The summed E-state index contributed by atoms with van der Waals surface area (Å²) in [6.07, 6.45) is 6.33. The molecule has 1 aliphatic rings. The van der Waals surface area contributed by atoms with Crippen molar-refractivity contribution in [3.05, 3.63) is 24.5 Å². The molecule has 0 spiro atoms. The van der Waals surface area contributed by atoms with Crippen molar-refractivity contribution in [2.75, 3.05) is 0 Å². The lowest BCUT2D eigenvalue weighted by atomic mass is 9.69. The van der Waals surface area contributed by atoms with Gasteiger partial charge in [-0.25, -0.2) is 0 Å². The number of carboxylic acids is 1. The number of carboxylic acid groups (broad SMARTS) is 1. The van der Waals surface area contributed by atoms with Crippen LogP contribution in [0.15, 0.2) is 29.4 Å². The average molecular weight is 293 g/mol. The Morgan fingerprint density at radius 1 is 1.30 bits per heavy atom. The van der Waals surface area contributed by atoms with E-state index in [1.807, 2.05) is 12.1 Å². The van der Waals surface area contributed by atoms with Gasteiger partial charge in [-0.2, -0.15) is 0 Å². The second-order valence-corrected chi connectivity index (χ2v) is 7.97. The van der Waals surface area contributed by atoms with Crippen molar-refractivity contribution in [2.24, 2.45) is 17.3 Å². The molecule has 1 aromatic heterocycles. The summed E-state index contributed by atoms with van der Waals surface area (Å²) < 4.78 is 0. The van der Waals surface area contributed by atoms with Crippen molar-refractivity contribution in [3.8, 4) is 0 Å². The number of hydrogen-bond donors (Lipinski definition) is 1. The van der Waals surface area contributed by atoms with Crippen LogP contribution in [0.4, 0.5) is 0 Å². The van der Waals surface area contributed by atoms with E-state index in [9.17, 15) is 9.90 Å². The molecule has 1 aliphatic carbocycles. The van der Waals surface area contributed by atoms with E-state index in [4.69, 9.17) is 0 Å². The SMILES string of the molecule is CC(C)(C)C1CCC(C(=O)O)C(Sc2ccncc2)C1. The summed E-state index contributed by atoms with van der Waals surface area (Å²) in [5.74, 6) is -0.284. The summed E-state index contributed by atoms with van der Waals surface area (Å²) in [6, 6.07) is 3.93. The molecule has 0 bridgehead atoms. The van der Waals surface area contributed by atoms with Gasteiger partial charge in [-0.1, -0.05) is 20.8 Å². The molecule has 1 heterocycles. The second-order valence-electron chi connectivity index (χ2n) is 6.66. The summed E-state index contributed by atoms with van der Waals surface area (Å²) in [5, 5.41) is 9.61. The molecule has 0 amide bonds. The maximum atomic E-state index is 11.5. The quantitative estimate of drug-likeness (QED) is 0.912. The highest BCUT2D eigenvalue weighted by atomic mass is 32.2. The molecular formula is C16H23NO2S. The standard InChI is InChI=1S/C16H23NO2S/c1-16(2,3)11-4-5-13(15(18)19)14(10-11)20-12-6-8-17-9-7-12/h6-9,11,13-14H,4-5,10H2,1-3H3,(H,18,19). The number of aromatic nitrogens is 1. The molecule has 1 fully saturated rings. The van der Waals surface area contributed by atoms with Gasteiger partial charge in [0.25, 0.3) is 0 Å². The minimum atomic E-state index is -0.649. The zero-order chi connectivity index (χ0) is 14.8. The Hall–Kier alpha value is -1.03. The molecule has 0 radical (unpaired) electrons. The average Bonchev–Trinajstić information content (AvgIpc) is 2.38. The van der Waals surface area contributed by atoms with Crippen LogP contribution in [0.25, 0.3) is 0 Å². The first-order chi connectivity index (χ1) is 9.38. The summed E-state index contributed by atoms with van der Waals surface area (Å²) in [4.78, 5) is 16.6. The molecule has 0 aliphatic heterocycles. The zero-order valence-electron chi connectivity index (χ0n) is 12.4. The predicted molar refractivity (Wildman–Crippen MR) is 81.8 cm³/mol. The molecular weight excluding hydrogens is 270 g/mol. The van der Waals surface area contributed by atoms with Crippen LogP contribution in [-0.4, -0.2) is 21.3 Å². The third-order valence-corrected chi connectivity index (χ3v) is 5.64. The Bertz CT molecular complexity index is 455. The van der Waals surface area contributed by atoms with E-state index in [0.29, 0.717) is 5.92 Å². The van der Waals surface area contributed by atoms with Gasteiger partial charge in [0.15, 0.2) is 0 Å². The van der Waals surface area contributed by atoms with Gasteiger partial charge in [0.2, 0.25) is 0 Å². The van der Waals surface area contributed by atoms with Crippen LogP contribution >= 0.6 is 11.8 Å². The van der Waals surface area contributed by atoms with Gasteiger partial charge >= 0.3 is 5.97 Å². The van der Waals surface area contributed by atoms with Gasteiger partial charge < -0.3 is 5.11 Å². The fourth-order valence-electron chi connectivity index (χ4n) is 2.92. The first-order valence-electron chi connectivity index (χ1n) is 7.17. The van der Waals surface area contributed by atoms with Crippen molar-refractivity contribution in [1.29, 1.82) is 0 Å². The van der Waals surface area contributed by atoms with Gasteiger partial charge in [-0.05, 0) is 42.7 Å². The molecule has 4 heteroatoms. The lowest BCUT2D eigenvalue weighted by Crippen LogP contribution is -2.37.